The van der Waals surface area contributed by atoms with Crippen LogP contribution in [-0.2, 0) is 9.59 Å². The molecule has 0 aliphatic carbocycles. The first-order valence-electron chi connectivity index (χ1n) is 6.42. The molecular formula is C12H23N3O2. The zero-order chi connectivity index (χ0) is 12.8. The number of carbonyl (C=O) groups excluding carboxylic acids is 2. The van der Waals surface area contributed by atoms with E-state index in [1.807, 2.05) is 13.8 Å². The Labute approximate surface area is 103 Å². The summed E-state index contributed by atoms with van der Waals surface area (Å²) in [5, 5.41) is 0. The van der Waals surface area contributed by atoms with Crippen molar-refractivity contribution >= 4 is 11.8 Å². The molecule has 1 unspecified atom stereocenters. The fourth-order valence-corrected chi connectivity index (χ4v) is 2.16. The lowest BCUT2D eigenvalue weighted by Crippen LogP contribution is -2.49. The molecule has 1 saturated heterocycles. The largest absolute Gasteiger partial charge is 0.343 e. The highest BCUT2D eigenvalue weighted by Gasteiger charge is 2.25. The van der Waals surface area contributed by atoms with E-state index in [0.717, 1.165) is 32.5 Å². The van der Waals surface area contributed by atoms with E-state index in [2.05, 4.69) is 0 Å². The number of piperidine rings is 1. The summed E-state index contributed by atoms with van der Waals surface area (Å²) in [5.41, 5.74) is 5.70. The molecule has 1 atom stereocenters. The molecule has 1 aliphatic heterocycles. The number of carbonyl (C=O) groups is 2. The molecule has 1 fully saturated rings. The molecule has 0 bridgehead atoms. The molecule has 0 aromatic carbocycles. The topological polar surface area (TPSA) is 66.6 Å². The van der Waals surface area contributed by atoms with E-state index in [-0.39, 0.29) is 17.9 Å². The predicted molar refractivity (Wildman–Crippen MR) is 66.3 cm³/mol. The molecule has 5 heteroatoms. The van der Waals surface area contributed by atoms with Gasteiger partial charge in [-0.05, 0) is 26.7 Å². The standard InChI is InChI=1S/C12H23N3O2/c1-3-14(4-2)11(16)7-9-15-8-5-6-10(13)12(15)17/h10H,3-9,13H2,1-2H3. The monoisotopic (exact) mass is 241 g/mol. The number of hydrogen-bond donors (Lipinski definition) is 1. The van der Waals surface area contributed by atoms with Crippen LogP contribution in [0.15, 0.2) is 0 Å². The summed E-state index contributed by atoms with van der Waals surface area (Å²) in [4.78, 5) is 27.0. The summed E-state index contributed by atoms with van der Waals surface area (Å²) in [5.74, 6) is 0.102. The van der Waals surface area contributed by atoms with Crippen LogP contribution in [0.3, 0.4) is 0 Å². The number of likely N-dealkylation sites (tertiary alicyclic amines) is 1. The predicted octanol–water partition coefficient (Wildman–Crippen LogP) is 0.195. The molecule has 2 amide bonds. The average Bonchev–Trinajstić information content (AvgIpc) is 2.32. The maximum absolute atomic E-state index is 11.8. The van der Waals surface area contributed by atoms with Gasteiger partial charge in [0.05, 0.1) is 6.04 Å². The van der Waals surface area contributed by atoms with E-state index >= 15 is 0 Å². The molecular weight excluding hydrogens is 218 g/mol. The van der Waals surface area contributed by atoms with Crippen molar-refractivity contribution in [2.45, 2.75) is 39.2 Å². The van der Waals surface area contributed by atoms with Crippen molar-refractivity contribution in [2.24, 2.45) is 5.73 Å². The van der Waals surface area contributed by atoms with E-state index in [1.54, 1.807) is 9.80 Å². The fourth-order valence-electron chi connectivity index (χ4n) is 2.16. The molecule has 0 radical (unpaired) electrons. The zero-order valence-corrected chi connectivity index (χ0v) is 10.8. The van der Waals surface area contributed by atoms with Gasteiger partial charge in [0.2, 0.25) is 11.8 Å². The summed E-state index contributed by atoms with van der Waals surface area (Å²) in [6.45, 7) is 6.61. The highest BCUT2D eigenvalue weighted by atomic mass is 16.2. The molecule has 2 N–H and O–H groups in total. The number of hydrogen-bond acceptors (Lipinski definition) is 3. The lowest BCUT2D eigenvalue weighted by molar-refractivity contribution is -0.136. The minimum atomic E-state index is -0.368. The first kappa shape index (κ1) is 14.0. The maximum atomic E-state index is 11.8. The summed E-state index contributed by atoms with van der Waals surface area (Å²) < 4.78 is 0. The van der Waals surface area contributed by atoms with E-state index in [4.69, 9.17) is 5.73 Å². The van der Waals surface area contributed by atoms with Crippen molar-refractivity contribution in [1.29, 1.82) is 0 Å². The highest BCUT2D eigenvalue weighted by molar-refractivity contribution is 5.83. The summed E-state index contributed by atoms with van der Waals surface area (Å²) >= 11 is 0. The van der Waals surface area contributed by atoms with Gasteiger partial charge in [-0.3, -0.25) is 9.59 Å². The van der Waals surface area contributed by atoms with Crippen LogP contribution in [0.1, 0.15) is 33.1 Å². The van der Waals surface area contributed by atoms with Gasteiger partial charge < -0.3 is 15.5 Å². The van der Waals surface area contributed by atoms with Gasteiger partial charge in [0.1, 0.15) is 0 Å². The molecule has 1 rings (SSSR count). The third-order valence-corrected chi connectivity index (χ3v) is 3.28. The zero-order valence-electron chi connectivity index (χ0n) is 10.8. The van der Waals surface area contributed by atoms with Crippen molar-refractivity contribution < 1.29 is 9.59 Å². The normalized spacial score (nSPS) is 20.5. The van der Waals surface area contributed by atoms with Gasteiger partial charge in [-0.1, -0.05) is 0 Å². The number of amides is 2. The van der Waals surface area contributed by atoms with Crippen molar-refractivity contribution in [3.05, 3.63) is 0 Å². The first-order chi connectivity index (χ1) is 8.10. The van der Waals surface area contributed by atoms with Gasteiger partial charge in [-0.2, -0.15) is 0 Å². The third kappa shape index (κ3) is 3.70. The Morgan fingerprint density at radius 2 is 2.12 bits per heavy atom. The fraction of sp³-hybridized carbons (Fsp3) is 0.833. The van der Waals surface area contributed by atoms with E-state index in [1.165, 1.54) is 0 Å². The minimum Gasteiger partial charge on any atom is -0.343 e. The Morgan fingerprint density at radius 1 is 1.47 bits per heavy atom. The Balaban J connectivity index is 2.39. The second-order valence-electron chi connectivity index (χ2n) is 4.39. The van der Waals surface area contributed by atoms with E-state index in [0.29, 0.717) is 13.0 Å². The number of nitrogens with zero attached hydrogens (tertiary/aromatic N) is 2. The van der Waals surface area contributed by atoms with Gasteiger partial charge in [0.15, 0.2) is 0 Å². The highest BCUT2D eigenvalue weighted by Crippen LogP contribution is 2.10. The smallest absolute Gasteiger partial charge is 0.239 e. The van der Waals surface area contributed by atoms with Crippen LogP contribution < -0.4 is 5.73 Å². The molecule has 5 nitrogen and oxygen atoms in total. The van der Waals surface area contributed by atoms with Gasteiger partial charge in [0, 0.05) is 32.6 Å². The second-order valence-corrected chi connectivity index (χ2v) is 4.39. The number of rotatable bonds is 5. The maximum Gasteiger partial charge on any atom is 0.239 e. The van der Waals surface area contributed by atoms with Crippen LogP contribution in [0.25, 0.3) is 0 Å². The third-order valence-electron chi connectivity index (χ3n) is 3.28. The molecule has 0 aromatic rings. The molecule has 1 aliphatic rings. The molecule has 17 heavy (non-hydrogen) atoms. The van der Waals surface area contributed by atoms with Crippen LogP contribution in [0, 0.1) is 0 Å². The van der Waals surface area contributed by atoms with E-state index < -0.39 is 0 Å². The molecule has 0 spiro atoms. The van der Waals surface area contributed by atoms with Gasteiger partial charge in [-0.25, -0.2) is 0 Å². The lowest BCUT2D eigenvalue weighted by atomic mass is 10.1. The average molecular weight is 241 g/mol. The summed E-state index contributed by atoms with van der Waals surface area (Å²) in [7, 11) is 0. The van der Waals surface area contributed by atoms with Crippen molar-refractivity contribution in [3.8, 4) is 0 Å². The van der Waals surface area contributed by atoms with Gasteiger partial charge in [-0.15, -0.1) is 0 Å². The van der Waals surface area contributed by atoms with Crippen LogP contribution in [0.2, 0.25) is 0 Å². The molecule has 0 aromatic heterocycles. The van der Waals surface area contributed by atoms with Crippen LogP contribution in [-0.4, -0.2) is 53.8 Å². The quantitative estimate of drug-likeness (QED) is 0.747. The second kappa shape index (κ2) is 6.59. The van der Waals surface area contributed by atoms with Crippen LogP contribution in [0.5, 0.6) is 0 Å². The van der Waals surface area contributed by atoms with Crippen molar-refractivity contribution in [1.82, 2.24) is 9.80 Å². The first-order valence-corrected chi connectivity index (χ1v) is 6.42. The van der Waals surface area contributed by atoms with Gasteiger partial charge >= 0.3 is 0 Å². The summed E-state index contributed by atoms with van der Waals surface area (Å²) in [6, 6.07) is -0.368. The Hall–Kier alpha value is -1.10. The van der Waals surface area contributed by atoms with Gasteiger partial charge in [0.25, 0.3) is 0 Å². The van der Waals surface area contributed by atoms with E-state index in [9.17, 15) is 9.59 Å². The molecule has 1 heterocycles. The minimum absolute atomic E-state index is 0.0106. The Morgan fingerprint density at radius 3 is 2.71 bits per heavy atom. The Kier molecular flexibility index (Phi) is 5.41. The lowest BCUT2D eigenvalue weighted by Gasteiger charge is -2.30. The molecule has 0 saturated carbocycles. The molecule has 98 valence electrons. The van der Waals surface area contributed by atoms with Crippen LogP contribution >= 0.6 is 0 Å². The number of nitrogens with two attached hydrogens (primary N) is 1. The Bertz CT molecular complexity index is 277. The van der Waals surface area contributed by atoms with Crippen LogP contribution in [0.4, 0.5) is 0 Å². The SMILES string of the molecule is CCN(CC)C(=O)CCN1CCCC(N)C1=O. The van der Waals surface area contributed by atoms with Crippen molar-refractivity contribution in [2.75, 3.05) is 26.2 Å². The van der Waals surface area contributed by atoms with Crippen molar-refractivity contribution in [3.63, 3.8) is 0 Å². The summed E-state index contributed by atoms with van der Waals surface area (Å²) in [6.07, 6.45) is 2.10.